The molecule has 29 heavy (non-hydrogen) atoms. The summed E-state index contributed by atoms with van der Waals surface area (Å²) in [5.41, 5.74) is 1.61. The molecule has 1 fully saturated rings. The summed E-state index contributed by atoms with van der Waals surface area (Å²) in [4.78, 5) is 26.0. The maximum atomic E-state index is 12.9. The van der Waals surface area contributed by atoms with E-state index in [1.54, 1.807) is 36.4 Å². The number of rotatable bonds is 5. The molecule has 1 atom stereocenters. The number of halogens is 1. The predicted octanol–water partition coefficient (Wildman–Crippen LogP) is 2.46. The van der Waals surface area contributed by atoms with Gasteiger partial charge in [0.2, 0.25) is 0 Å². The monoisotopic (exact) mass is 397 g/mol. The molecule has 2 aromatic carbocycles. The van der Waals surface area contributed by atoms with Crippen molar-refractivity contribution in [1.29, 1.82) is 5.26 Å². The van der Waals surface area contributed by atoms with E-state index < -0.39 is 6.09 Å². The molecule has 1 saturated heterocycles. The van der Waals surface area contributed by atoms with Crippen LogP contribution in [0.2, 0.25) is 0 Å². The summed E-state index contributed by atoms with van der Waals surface area (Å²) in [5, 5.41) is 11.6. The minimum absolute atomic E-state index is 0.0521. The largest absolute Gasteiger partial charge is 0.445 e. The lowest BCUT2D eigenvalue weighted by molar-refractivity contribution is -0.0263. The third kappa shape index (κ3) is 5.77. The van der Waals surface area contributed by atoms with Crippen LogP contribution in [0.5, 0.6) is 0 Å². The maximum Gasteiger partial charge on any atom is 0.410 e. The first-order valence-corrected chi connectivity index (χ1v) is 9.11. The number of ether oxygens (including phenoxy) is 2. The summed E-state index contributed by atoms with van der Waals surface area (Å²) >= 11 is 0. The summed E-state index contributed by atoms with van der Waals surface area (Å²) in [5.74, 6) is -0.631. The van der Waals surface area contributed by atoms with E-state index in [2.05, 4.69) is 5.32 Å². The molecule has 2 amide bonds. The van der Waals surface area contributed by atoms with Crippen molar-refractivity contribution in [2.45, 2.75) is 12.7 Å². The van der Waals surface area contributed by atoms with Crippen LogP contribution in [0.3, 0.4) is 0 Å². The van der Waals surface area contributed by atoms with E-state index in [4.69, 9.17) is 14.7 Å². The Hall–Kier alpha value is -3.44. The fourth-order valence-electron chi connectivity index (χ4n) is 2.83. The SMILES string of the molecule is N#Cc1ccc(C(=O)NC[C@@H]2CN(C(=O)OCc3ccc(F)cc3)CCO2)cc1. The average molecular weight is 397 g/mol. The number of carbonyl (C=O) groups excluding carboxylic acids is 2. The van der Waals surface area contributed by atoms with Gasteiger partial charge in [0.1, 0.15) is 12.4 Å². The van der Waals surface area contributed by atoms with Gasteiger partial charge in [-0.3, -0.25) is 4.79 Å². The molecule has 0 spiro atoms. The van der Waals surface area contributed by atoms with Crippen molar-refractivity contribution >= 4 is 12.0 Å². The topological polar surface area (TPSA) is 91.7 Å². The Bertz CT molecular complexity index is 894. The lowest BCUT2D eigenvalue weighted by Gasteiger charge is -2.32. The van der Waals surface area contributed by atoms with Gasteiger partial charge in [-0.25, -0.2) is 9.18 Å². The molecule has 150 valence electrons. The number of hydrogen-bond acceptors (Lipinski definition) is 5. The Balaban J connectivity index is 1.45. The zero-order valence-electron chi connectivity index (χ0n) is 15.6. The molecule has 7 nitrogen and oxygen atoms in total. The normalized spacial score (nSPS) is 16.0. The molecule has 0 unspecified atom stereocenters. The number of amides is 2. The Morgan fingerprint density at radius 3 is 2.62 bits per heavy atom. The lowest BCUT2D eigenvalue weighted by atomic mass is 10.1. The summed E-state index contributed by atoms with van der Waals surface area (Å²) < 4.78 is 23.8. The van der Waals surface area contributed by atoms with Gasteiger partial charge < -0.3 is 19.7 Å². The molecule has 2 aromatic rings. The maximum absolute atomic E-state index is 12.9. The molecule has 1 aliphatic heterocycles. The number of carbonyl (C=O) groups is 2. The van der Waals surface area contributed by atoms with Crippen LogP contribution in [0.25, 0.3) is 0 Å². The van der Waals surface area contributed by atoms with Crippen LogP contribution < -0.4 is 5.32 Å². The van der Waals surface area contributed by atoms with E-state index in [1.165, 1.54) is 17.0 Å². The van der Waals surface area contributed by atoms with Crippen LogP contribution in [-0.4, -0.2) is 49.2 Å². The van der Waals surface area contributed by atoms with Crippen molar-refractivity contribution in [1.82, 2.24) is 10.2 Å². The van der Waals surface area contributed by atoms with Gasteiger partial charge in [0.15, 0.2) is 0 Å². The third-order valence-electron chi connectivity index (χ3n) is 4.44. The van der Waals surface area contributed by atoms with E-state index in [0.717, 1.165) is 0 Å². The second-order valence-electron chi connectivity index (χ2n) is 6.52. The molecule has 0 aliphatic carbocycles. The molecular formula is C21H20FN3O4. The fourth-order valence-corrected chi connectivity index (χ4v) is 2.83. The van der Waals surface area contributed by atoms with Crippen LogP contribution >= 0.6 is 0 Å². The van der Waals surface area contributed by atoms with Gasteiger partial charge in [-0.2, -0.15) is 5.26 Å². The quantitative estimate of drug-likeness (QED) is 0.837. The zero-order chi connectivity index (χ0) is 20.6. The number of hydrogen-bond donors (Lipinski definition) is 1. The first-order valence-electron chi connectivity index (χ1n) is 9.11. The van der Waals surface area contributed by atoms with Crippen molar-refractivity contribution in [3.05, 3.63) is 71.0 Å². The fraction of sp³-hybridized carbons (Fsp3) is 0.286. The molecular weight excluding hydrogens is 377 g/mol. The second-order valence-corrected chi connectivity index (χ2v) is 6.52. The van der Waals surface area contributed by atoms with Crippen LogP contribution in [0.1, 0.15) is 21.5 Å². The van der Waals surface area contributed by atoms with Gasteiger partial charge >= 0.3 is 6.09 Å². The predicted molar refractivity (Wildman–Crippen MR) is 101 cm³/mol. The lowest BCUT2D eigenvalue weighted by Crippen LogP contribution is -2.49. The molecule has 1 N–H and O–H groups in total. The molecule has 0 saturated carbocycles. The number of morpholine rings is 1. The number of nitriles is 1. The molecule has 1 heterocycles. The highest BCUT2D eigenvalue weighted by atomic mass is 19.1. The first kappa shape index (κ1) is 20.3. The molecule has 3 rings (SSSR count). The van der Waals surface area contributed by atoms with Crippen LogP contribution in [0.15, 0.2) is 48.5 Å². The van der Waals surface area contributed by atoms with Crippen molar-refractivity contribution in [3.63, 3.8) is 0 Å². The third-order valence-corrected chi connectivity index (χ3v) is 4.44. The standard InChI is InChI=1S/C21H20FN3O4/c22-18-7-3-16(4-8-18)14-29-21(27)25-9-10-28-19(13-25)12-24-20(26)17-5-1-15(11-23)2-6-17/h1-8,19H,9-10,12-14H2,(H,24,26)/t19-/m1/s1. The Kier molecular flexibility index (Phi) is 6.76. The second kappa shape index (κ2) is 9.66. The van der Waals surface area contributed by atoms with Crippen LogP contribution in [0.4, 0.5) is 9.18 Å². The summed E-state index contributed by atoms with van der Waals surface area (Å²) in [7, 11) is 0. The van der Waals surface area contributed by atoms with Gasteiger partial charge in [0, 0.05) is 18.7 Å². The van der Waals surface area contributed by atoms with Crippen molar-refractivity contribution < 1.29 is 23.5 Å². The average Bonchev–Trinajstić information content (AvgIpc) is 2.77. The number of nitrogens with zero attached hydrogens (tertiary/aromatic N) is 2. The van der Waals surface area contributed by atoms with Crippen molar-refractivity contribution in [2.24, 2.45) is 0 Å². The van der Waals surface area contributed by atoms with Crippen molar-refractivity contribution in [3.8, 4) is 6.07 Å². The summed E-state index contributed by atoms with van der Waals surface area (Å²) in [6.07, 6.45) is -0.842. The number of nitrogens with one attached hydrogen (secondary N) is 1. The highest BCUT2D eigenvalue weighted by Gasteiger charge is 2.25. The zero-order valence-corrected chi connectivity index (χ0v) is 15.6. The summed E-state index contributed by atoms with van der Waals surface area (Å²) in [6.45, 7) is 1.30. The van der Waals surface area contributed by atoms with Gasteiger partial charge in [-0.05, 0) is 42.0 Å². The minimum atomic E-state index is -0.485. The van der Waals surface area contributed by atoms with Gasteiger partial charge in [0.05, 0.1) is 30.9 Å². The number of benzene rings is 2. The highest BCUT2D eigenvalue weighted by molar-refractivity contribution is 5.94. The molecule has 8 heteroatoms. The minimum Gasteiger partial charge on any atom is -0.445 e. The highest BCUT2D eigenvalue weighted by Crippen LogP contribution is 2.10. The smallest absolute Gasteiger partial charge is 0.410 e. The first-order chi connectivity index (χ1) is 14.0. The van der Waals surface area contributed by atoms with E-state index >= 15 is 0 Å². The molecule has 1 aliphatic rings. The van der Waals surface area contributed by atoms with E-state index in [-0.39, 0.29) is 37.5 Å². The van der Waals surface area contributed by atoms with E-state index in [9.17, 15) is 14.0 Å². The van der Waals surface area contributed by atoms with E-state index in [1.807, 2.05) is 6.07 Å². The van der Waals surface area contributed by atoms with Crippen molar-refractivity contribution in [2.75, 3.05) is 26.2 Å². The Morgan fingerprint density at radius 1 is 1.21 bits per heavy atom. The Morgan fingerprint density at radius 2 is 1.93 bits per heavy atom. The van der Waals surface area contributed by atoms with Crippen LogP contribution in [0, 0.1) is 17.1 Å². The van der Waals surface area contributed by atoms with Gasteiger partial charge in [-0.15, -0.1) is 0 Å². The molecule has 0 bridgehead atoms. The van der Waals surface area contributed by atoms with Gasteiger partial charge in [-0.1, -0.05) is 12.1 Å². The van der Waals surface area contributed by atoms with E-state index in [0.29, 0.717) is 29.8 Å². The Labute approximate surface area is 167 Å². The van der Waals surface area contributed by atoms with Crippen LogP contribution in [-0.2, 0) is 16.1 Å². The van der Waals surface area contributed by atoms with Gasteiger partial charge in [0.25, 0.3) is 5.91 Å². The molecule has 0 aromatic heterocycles. The molecule has 0 radical (unpaired) electrons. The summed E-state index contributed by atoms with van der Waals surface area (Å²) in [6, 6.07) is 14.0.